The van der Waals surface area contributed by atoms with Crippen molar-refractivity contribution >= 4 is 23.3 Å². The van der Waals surface area contributed by atoms with Gasteiger partial charge in [0, 0.05) is 19.3 Å². The Kier molecular flexibility index (Phi) is 4.30. The molecule has 2 heterocycles. The van der Waals surface area contributed by atoms with Gasteiger partial charge in [0.15, 0.2) is 0 Å². The Hall–Kier alpha value is -1.29. The Labute approximate surface area is 118 Å². The van der Waals surface area contributed by atoms with Gasteiger partial charge in [-0.05, 0) is 30.7 Å². The third-order valence-corrected chi connectivity index (χ3v) is 4.18. The standard InChI is InChI=1S/C14H20ClN3O/c1-9(2)10-3-5-18(6-4-10)14(19)11-7-13(16)17-8-12(11)15/h7-10H,3-6H2,1-2H3,(H2,16,17). The predicted molar refractivity (Wildman–Crippen MR) is 77.1 cm³/mol. The molecule has 1 fully saturated rings. The maximum absolute atomic E-state index is 12.4. The highest BCUT2D eigenvalue weighted by atomic mass is 35.5. The summed E-state index contributed by atoms with van der Waals surface area (Å²) in [6.45, 7) is 6.06. The van der Waals surface area contributed by atoms with E-state index < -0.39 is 0 Å². The van der Waals surface area contributed by atoms with E-state index in [1.54, 1.807) is 6.07 Å². The van der Waals surface area contributed by atoms with Crippen LogP contribution in [0, 0.1) is 11.8 Å². The van der Waals surface area contributed by atoms with Gasteiger partial charge in [-0.25, -0.2) is 4.98 Å². The number of nitrogen functional groups attached to an aromatic ring is 1. The monoisotopic (exact) mass is 281 g/mol. The van der Waals surface area contributed by atoms with Crippen LogP contribution in [-0.2, 0) is 0 Å². The maximum atomic E-state index is 12.4. The molecule has 1 aliphatic heterocycles. The summed E-state index contributed by atoms with van der Waals surface area (Å²) in [6.07, 6.45) is 3.55. The lowest BCUT2D eigenvalue weighted by molar-refractivity contribution is 0.0668. The van der Waals surface area contributed by atoms with Crippen molar-refractivity contribution in [3.05, 3.63) is 22.8 Å². The first kappa shape index (κ1) is 14.1. The van der Waals surface area contributed by atoms with Gasteiger partial charge in [-0.15, -0.1) is 0 Å². The Bertz CT molecular complexity index is 468. The number of piperidine rings is 1. The zero-order valence-corrected chi connectivity index (χ0v) is 12.2. The van der Waals surface area contributed by atoms with Crippen LogP contribution in [0.4, 0.5) is 5.82 Å². The maximum Gasteiger partial charge on any atom is 0.255 e. The van der Waals surface area contributed by atoms with Crippen LogP contribution in [0.2, 0.25) is 5.02 Å². The molecule has 4 nitrogen and oxygen atoms in total. The number of pyridine rings is 1. The molecule has 1 amide bonds. The van der Waals surface area contributed by atoms with Gasteiger partial charge in [-0.3, -0.25) is 4.79 Å². The van der Waals surface area contributed by atoms with Crippen molar-refractivity contribution in [2.75, 3.05) is 18.8 Å². The van der Waals surface area contributed by atoms with E-state index in [1.807, 2.05) is 4.90 Å². The van der Waals surface area contributed by atoms with Crippen LogP contribution in [0.3, 0.4) is 0 Å². The lowest BCUT2D eigenvalue weighted by Gasteiger charge is -2.34. The first-order valence-electron chi connectivity index (χ1n) is 6.69. The van der Waals surface area contributed by atoms with Crippen molar-refractivity contribution in [1.29, 1.82) is 0 Å². The van der Waals surface area contributed by atoms with Crippen LogP contribution >= 0.6 is 11.6 Å². The largest absolute Gasteiger partial charge is 0.384 e. The summed E-state index contributed by atoms with van der Waals surface area (Å²) in [5.41, 5.74) is 6.07. The first-order chi connectivity index (χ1) is 8.99. The number of halogens is 1. The number of carbonyl (C=O) groups is 1. The molecule has 0 saturated carbocycles. The van der Waals surface area contributed by atoms with E-state index in [9.17, 15) is 4.79 Å². The summed E-state index contributed by atoms with van der Waals surface area (Å²) in [6, 6.07) is 1.55. The van der Waals surface area contributed by atoms with Crippen LogP contribution in [0.1, 0.15) is 37.0 Å². The van der Waals surface area contributed by atoms with E-state index in [4.69, 9.17) is 17.3 Å². The number of nitrogens with zero attached hydrogens (tertiary/aromatic N) is 2. The topological polar surface area (TPSA) is 59.2 Å². The number of nitrogens with two attached hydrogens (primary N) is 1. The van der Waals surface area contributed by atoms with E-state index in [0.717, 1.165) is 25.9 Å². The second-order valence-electron chi connectivity index (χ2n) is 5.46. The Balaban J connectivity index is 2.07. The molecule has 0 bridgehead atoms. The molecule has 1 saturated heterocycles. The summed E-state index contributed by atoms with van der Waals surface area (Å²) in [4.78, 5) is 18.1. The number of aromatic nitrogens is 1. The molecule has 5 heteroatoms. The van der Waals surface area contributed by atoms with Crippen LogP contribution in [0.5, 0.6) is 0 Å². The zero-order chi connectivity index (χ0) is 14.0. The number of anilines is 1. The predicted octanol–water partition coefficient (Wildman–Crippen LogP) is 2.83. The van der Waals surface area contributed by atoms with Crippen molar-refractivity contribution < 1.29 is 4.79 Å². The second kappa shape index (κ2) is 5.78. The minimum Gasteiger partial charge on any atom is -0.384 e. The Morgan fingerprint density at radius 1 is 1.47 bits per heavy atom. The fourth-order valence-corrected chi connectivity index (χ4v) is 2.74. The molecule has 0 unspecified atom stereocenters. The third-order valence-electron chi connectivity index (χ3n) is 3.88. The highest BCUT2D eigenvalue weighted by Crippen LogP contribution is 2.26. The second-order valence-corrected chi connectivity index (χ2v) is 5.87. The summed E-state index contributed by atoms with van der Waals surface area (Å²) in [5.74, 6) is 1.67. The molecular formula is C14H20ClN3O. The number of amides is 1. The average Bonchev–Trinajstić information content (AvgIpc) is 2.41. The molecule has 19 heavy (non-hydrogen) atoms. The lowest BCUT2D eigenvalue weighted by Crippen LogP contribution is -2.39. The number of carbonyl (C=O) groups excluding carboxylic acids is 1. The number of likely N-dealkylation sites (tertiary alicyclic amines) is 1. The molecule has 1 aliphatic rings. The van der Waals surface area contributed by atoms with Gasteiger partial charge in [-0.2, -0.15) is 0 Å². The smallest absolute Gasteiger partial charge is 0.255 e. The highest BCUT2D eigenvalue weighted by molar-refractivity contribution is 6.33. The molecule has 2 rings (SSSR count). The molecule has 0 spiro atoms. The summed E-state index contributed by atoms with van der Waals surface area (Å²) in [7, 11) is 0. The first-order valence-corrected chi connectivity index (χ1v) is 7.07. The minimum atomic E-state index is -0.0405. The molecule has 104 valence electrons. The van der Waals surface area contributed by atoms with Crippen molar-refractivity contribution in [3.8, 4) is 0 Å². The molecular weight excluding hydrogens is 262 g/mol. The van der Waals surface area contributed by atoms with E-state index >= 15 is 0 Å². The van der Waals surface area contributed by atoms with Gasteiger partial charge >= 0.3 is 0 Å². The SMILES string of the molecule is CC(C)C1CCN(C(=O)c2cc(N)ncc2Cl)CC1. The summed E-state index contributed by atoms with van der Waals surface area (Å²) in [5, 5.41) is 0.366. The lowest BCUT2D eigenvalue weighted by atomic mass is 9.86. The van der Waals surface area contributed by atoms with Crippen LogP contribution in [-0.4, -0.2) is 28.9 Å². The molecule has 0 radical (unpaired) electrons. The molecule has 0 aromatic carbocycles. The van der Waals surface area contributed by atoms with Crippen molar-refractivity contribution in [2.45, 2.75) is 26.7 Å². The Morgan fingerprint density at radius 3 is 2.68 bits per heavy atom. The van der Waals surface area contributed by atoms with Gasteiger partial charge in [0.05, 0.1) is 10.6 Å². The number of hydrogen-bond acceptors (Lipinski definition) is 3. The van der Waals surface area contributed by atoms with E-state index in [1.165, 1.54) is 6.20 Å². The van der Waals surface area contributed by atoms with E-state index in [2.05, 4.69) is 18.8 Å². The quantitative estimate of drug-likeness (QED) is 0.907. The van der Waals surface area contributed by atoms with Gasteiger partial charge in [0.25, 0.3) is 5.91 Å². The number of hydrogen-bond donors (Lipinski definition) is 1. The van der Waals surface area contributed by atoms with Gasteiger partial charge in [0.2, 0.25) is 0 Å². The number of rotatable bonds is 2. The molecule has 1 aromatic rings. The van der Waals surface area contributed by atoms with Crippen molar-refractivity contribution in [1.82, 2.24) is 9.88 Å². The van der Waals surface area contributed by atoms with Gasteiger partial charge < -0.3 is 10.6 Å². The third kappa shape index (κ3) is 3.18. The van der Waals surface area contributed by atoms with Crippen LogP contribution < -0.4 is 5.73 Å². The molecule has 0 aliphatic carbocycles. The molecule has 0 atom stereocenters. The van der Waals surface area contributed by atoms with Crippen LogP contribution in [0.25, 0.3) is 0 Å². The van der Waals surface area contributed by atoms with Gasteiger partial charge in [-0.1, -0.05) is 25.4 Å². The fourth-order valence-electron chi connectivity index (χ4n) is 2.56. The average molecular weight is 282 g/mol. The fraction of sp³-hybridized carbons (Fsp3) is 0.571. The van der Waals surface area contributed by atoms with Crippen molar-refractivity contribution in [3.63, 3.8) is 0 Å². The molecule has 1 aromatic heterocycles. The molecule has 2 N–H and O–H groups in total. The highest BCUT2D eigenvalue weighted by Gasteiger charge is 2.26. The summed E-state index contributed by atoms with van der Waals surface area (Å²) >= 11 is 6.02. The Morgan fingerprint density at radius 2 is 2.11 bits per heavy atom. The normalized spacial score (nSPS) is 16.9. The zero-order valence-electron chi connectivity index (χ0n) is 11.4. The van der Waals surface area contributed by atoms with E-state index in [0.29, 0.717) is 28.2 Å². The van der Waals surface area contributed by atoms with Crippen molar-refractivity contribution in [2.24, 2.45) is 11.8 Å². The minimum absolute atomic E-state index is 0.0405. The van der Waals surface area contributed by atoms with Crippen LogP contribution in [0.15, 0.2) is 12.3 Å². The van der Waals surface area contributed by atoms with E-state index in [-0.39, 0.29) is 5.91 Å². The summed E-state index contributed by atoms with van der Waals surface area (Å²) < 4.78 is 0. The van der Waals surface area contributed by atoms with Gasteiger partial charge in [0.1, 0.15) is 5.82 Å².